The first-order valence-electron chi connectivity index (χ1n) is 8.04. The van der Waals surface area contributed by atoms with E-state index in [1.165, 1.54) is 14.2 Å². The molecule has 0 amide bonds. The number of methoxy groups -OCH3 is 2. The quantitative estimate of drug-likeness (QED) is 0.676. The largest absolute Gasteiger partial charge is 0.467 e. The maximum atomic E-state index is 12.3. The van der Waals surface area contributed by atoms with Crippen LogP contribution in [0.1, 0.15) is 16.7 Å². The van der Waals surface area contributed by atoms with Gasteiger partial charge in [-0.1, -0.05) is 29.8 Å². The molecule has 2 aromatic rings. The Balaban J connectivity index is 2.12. The monoisotopic (exact) mass is 350 g/mol. The second kappa shape index (κ2) is 6.52. The van der Waals surface area contributed by atoms with Crippen LogP contribution in [0.5, 0.6) is 0 Å². The van der Waals surface area contributed by atoms with Gasteiger partial charge in [-0.3, -0.25) is 0 Å². The molecule has 0 fully saturated rings. The van der Waals surface area contributed by atoms with E-state index in [9.17, 15) is 14.9 Å². The average Bonchev–Trinajstić information content (AvgIpc) is 3.07. The molecule has 3 rings (SSSR count). The van der Waals surface area contributed by atoms with Gasteiger partial charge in [0.05, 0.1) is 25.5 Å². The van der Waals surface area contributed by atoms with Crippen LogP contribution in [0.3, 0.4) is 0 Å². The van der Waals surface area contributed by atoms with Gasteiger partial charge in [0.15, 0.2) is 0 Å². The van der Waals surface area contributed by atoms with Crippen molar-refractivity contribution in [2.45, 2.75) is 18.9 Å². The lowest BCUT2D eigenvalue weighted by atomic mass is 9.93. The second-order valence-corrected chi connectivity index (χ2v) is 6.23. The normalized spacial score (nSPS) is 13.9. The Bertz CT molecular complexity index is 910. The zero-order chi connectivity index (χ0) is 18.9. The predicted molar refractivity (Wildman–Crippen MR) is 95.4 cm³/mol. The van der Waals surface area contributed by atoms with E-state index in [1.807, 2.05) is 37.3 Å². The third kappa shape index (κ3) is 2.68. The Hall–Kier alpha value is -3.33. The highest BCUT2D eigenvalue weighted by Crippen LogP contribution is 2.39. The van der Waals surface area contributed by atoms with Crippen molar-refractivity contribution >= 4 is 17.6 Å². The summed E-state index contributed by atoms with van der Waals surface area (Å²) in [6, 6.07) is 13.7. The maximum absolute atomic E-state index is 12.3. The van der Waals surface area contributed by atoms with Crippen molar-refractivity contribution in [1.82, 2.24) is 0 Å². The number of hydrogen-bond donors (Lipinski definition) is 1. The standard InChI is InChI=1S/C20H18N2O4/c1-12-4-6-13(7-5-12)14-8-15-10-20(18(23)25-2,19(24)26-3)22-17(15)16(9-14)11-21/h4-9,22H,10H2,1-3H3. The molecule has 2 aromatic carbocycles. The summed E-state index contributed by atoms with van der Waals surface area (Å²) >= 11 is 0. The third-order valence-electron chi connectivity index (χ3n) is 4.59. The number of benzene rings is 2. The first-order valence-corrected chi connectivity index (χ1v) is 8.04. The third-order valence-corrected chi connectivity index (χ3v) is 4.59. The number of nitrogens with one attached hydrogen (secondary N) is 1. The van der Waals surface area contributed by atoms with Crippen molar-refractivity contribution in [2.24, 2.45) is 0 Å². The molecule has 0 aromatic heterocycles. The SMILES string of the molecule is COC(=O)C1(C(=O)OC)Cc2cc(-c3ccc(C)cc3)cc(C#N)c2N1. The van der Waals surface area contributed by atoms with E-state index >= 15 is 0 Å². The van der Waals surface area contributed by atoms with E-state index in [0.717, 1.165) is 16.7 Å². The second-order valence-electron chi connectivity index (χ2n) is 6.23. The molecule has 0 unspecified atom stereocenters. The minimum Gasteiger partial charge on any atom is -0.467 e. The molecule has 0 bridgehead atoms. The van der Waals surface area contributed by atoms with Crippen LogP contribution in [0, 0.1) is 18.3 Å². The molecule has 0 spiro atoms. The molecule has 0 atom stereocenters. The highest BCUT2D eigenvalue weighted by Gasteiger charge is 2.53. The van der Waals surface area contributed by atoms with E-state index < -0.39 is 17.5 Å². The van der Waals surface area contributed by atoms with Crippen LogP contribution in [-0.2, 0) is 25.5 Å². The molecule has 132 valence electrons. The number of nitrogens with zero attached hydrogens (tertiary/aromatic N) is 1. The number of aryl methyl sites for hydroxylation is 1. The molecule has 6 nitrogen and oxygen atoms in total. The summed E-state index contributed by atoms with van der Waals surface area (Å²) in [6.07, 6.45) is 0.0516. The van der Waals surface area contributed by atoms with Crippen LogP contribution in [0.4, 0.5) is 5.69 Å². The Morgan fingerprint density at radius 2 is 1.69 bits per heavy atom. The highest BCUT2D eigenvalue weighted by molar-refractivity contribution is 6.10. The zero-order valence-electron chi connectivity index (χ0n) is 14.8. The van der Waals surface area contributed by atoms with Gasteiger partial charge < -0.3 is 14.8 Å². The van der Waals surface area contributed by atoms with Gasteiger partial charge in [0, 0.05) is 6.42 Å². The number of hydrogen-bond acceptors (Lipinski definition) is 6. The van der Waals surface area contributed by atoms with Gasteiger partial charge in [-0.05, 0) is 35.7 Å². The average molecular weight is 350 g/mol. The molecular weight excluding hydrogens is 332 g/mol. The van der Waals surface area contributed by atoms with Crippen LogP contribution in [0.25, 0.3) is 11.1 Å². The maximum Gasteiger partial charge on any atom is 0.343 e. The minimum atomic E-state index is -1.68. The fourth-order valence-corrected chi connectivity index (χ4v) is 3.21. The van der Waals surface area contributed by atoms with E-state index in [0.29, 0.717) is 16.8 Å². The first kappa shape index (κ1) is 17.5. The molecule has 0 aliphatic carbocycles. The van der Waals surface area contributed by atoms with Crippen molar-refractivity contribution in [3.63, 3.8) is 0 Å². The Labute approximate surface area is 151 Å². The molecule has 1 heterocycles. The Morgan fingerprint density at radius 1 is 1.08 bits per heavy atom. The first-order chi connectivity index (χ1) is 12.4. The van der Waals surface area contributed by atoms with E-state index in [2.05, 4.69) is 11.4 Å². The van der Waals surface area contributed by atoms with Crippen molar-refractivity contribution in [1.29, 1.82) is 5.26 Å². The summed E-state index contributed by atoms with van der Waals surface area (Å²) in [4.78, 5) is 24.7. The van der Waals surface area contributed by atoms with Gasteiger partial charge in [-0.15, -0.1) is 0 Å². The minimum absolute atomic E-state index is 0.0516. The molecule has 1 aliphatic heterocycles. The van der Waals surface area contributed by atoms with Crippen LogP contribution in [0.2, 0.25) is 0 Å². The molecular formula is C20H18N2O4. The Kier molecular flexibility index (Phi) is 4.39. The number of anilines is 1. The molecule has 1 aliphatic rings. The summed E-state index contributed by atoms with van der Waals surface area (Å²) in [5, 5.41) is 12.4. The molecule has 26 heavy (non-hydrogen) atoms. The molecule has 1 N–H and O–H groups in total. The summed E-state index contributed by atoms with van der Waals surface area (Å²) in [5.41, 5.74) is 2.74. The van der Waals surface area contributed by atoms with E-state index in [1.54, 1.807) is 6.07 Å². The number of nitriles is 1. The fraction of sp³-hybridized carbons (Fsp3) is 0.250. The summed E-state index contributed by atoms with van der Waals surface area (Å²) in [5.74, 6) is -1.50. The van der Waals surface area contributed by atoms with Crippen LogP contribution in [-0.4, -0.2) is 31.7 Å². The summed E-state index contributed by atoms with van der Waals surface area (Å²) in [6.45, 7) is 2.00. The van der Waals surface area contributed by atoms with Crippen LogP contribution >= 0.6 is 0 Å². The van der Waals surface area contributed by atoms with Gasteiger partial charge in [0.2, 0.25) is 5.54 Å². The molecule has 0 radical (unpaired) electrons. The summed E-state index contributed by atoms with van der Waals surface area (Å²) in [7, 11) is 2.42. The number of fused-ring (bicyclic) bond motifs is 1. The van der Waals surface area contributed by atoms with E-state index in [-0.39, 0.29) is 6.42 Å². The smallest absolute Gasteiger partial charge is 0.343 e. The number of esters is 2. The lowest BCUT2D eigenvalue weighted by Crippen LogP contribution is -2.53. The van der Waals surface area contributed by atoms with Crippen molar-refractivity contribution in [3.8, 4) is 17.2 Å². The number of carbonyl (C=O) groups is 2. The topological polar surface area (TPSA) is 88.4 Å². The number of ether oxygens (including phenoxy) is 2. The fourth-order valence-electron chi connectivity index (χ4n) is 3.21. The van der Waals surface area contributed by atoms with Gasteiger partial charge in [0.25, 0.3) is 0 Å². The van der Waals surface area contributed by atoms with Crippen molar-refractivity contribution in [2.75, 3.05) is 19.5 Å². The lowest BCUT2D eigenvalue weighted by molar-refractivity contribution is -0.159. The molecule has 6 heteroatoms. The zero-order valence-corrected chi connectivity index (χ0v) is 14.8. The van der Waals surface area contributed by atoms with Gasteiger partial charge >= 0.3 is 11.9 Å². The number of rotatable bonds is 3. The number of carbonyl (C=O) groups excluding carboxylic acids is 2. The van der Waals surface area contributed by atoms with E-state index in [4.69, 9.17) is 9.47 Å². The predicted octanol–water partition coefficient (Wildman–Crippen LogP) is 2.59. The molecule has 0 saturated carbocycles. The van der Waals surface area contributed by atoms with Crippen LogP contribution in [0.15, 0.2) is 36.4 Å². The highest BCUT2D eigenvalue weighted by atomic mass is 16.5. The van der Waals surface area contributed by atoms with Gasteiger partial charge in [-0.25, -0.2) is 9.59 Å². The lowest BCUT2D eigenvalue weighted by Gasteiger charge is -2.23. The van der Waals surface area contributed by atoms with Gasteiger partial charge in [0.1, 0.15) is 6.07 Å². The van der Waals surface area contributed by atoms with Crippen molar-refractivity contribution in [3.05, 3.63) is 53.1 Å². The molecule has 0 saturated heterocycles. The van der Waals surface area contributed by atoms with Gasteiger partial charge in [-0.2, -0.15) is 5.26 Å². The summed E-state index contributed by atoms with van der Waals surface area (Å²) < 4.78 is 9.62. The Morgan fingerprint density at radius 3 is 2.23 bits per heavy atom. The van der Waals surface area contributed by atoms with Crippen LogP contribution < -0.4 is 5.32 Å². The van der Waals surface area contributed by atoms with Crippen molar-refractivity contribution < 1.29 is 19.1 Å².